The number of carbonyl (C=O) groups is 2. The average Bonchev–Trinajstić information content (AvgIpc) is 2.89. The number of rotatable bonds is 9. The topological polar surface area (TPSA) is 67.4 Å². The summed E-state index contributed by atoms with van der Waals surface area (Å²) in [5.74, 6) is -0.227. The first-order valence-electron chi connectivity index (χ1n) is 10.9. The Morgan fingerprint density at radius 3 is 1.97 bits per heavy atom. The van der Waals surface area contributed by atoms with Gasteiger partial charge >= 0.3 is 0 Å². The summed E-state index contributed by atoms with van der Waals surface area (Å²) in [5.41, 5.74) is 1.99. The molecule has 0 saturated carbocycles. The molecule has 176 valence electrons. The van der Waals surface area contributed by atoms with E-state index in [9.17, 15) is 14.0 Å². The molecule has 2 N–H and O–H groups in total. The summed E-state index contributed by atoms with van der Waals surface area (Å²) in [5, 5.41) is 5.13. The number of nitrogens with one attached hydrogen (secondary N) is 2. The number of hydrogen-bond donors (Lipinski definition) is 2. The molecule has 1 unspecified atom stereocenters. The summed E-state index contributed by atoms with van der Waals surface area (Å²) >= 11 is 1.38. The average molecular weight is 487 g/mol. The van der Waals surface area contributed by atoms with Crippen LogP contribution >= 0.6 is 11.8 Å². The van der Waals surface area contributed by atoms with Crippen molar-refractivity contribution in [1.82, 2.24) is 0 Å². The molecule has 4 aromatic carbocycles. The highest BCUT2D eigenvalue weighted by Crippen LogP contribution is 2.36. The predicted octanol–water partition coefficient (Wildman–Crippen LogP) is 6.32. The van der Waals surface area contributed by atoms with E-state index in [4.69, 9.17) is 4.74 Å². The maximum atomic E-state index is 13.2. The highest BCUT2D eigenvalue weighted by Gasteiger charge is 2.22. The number of thioether (sulfide) groups is 1. The minimum atomic E-state index is -0.527. The van der Waals surface area contributed by atoms with E-state index in [0.717, 1.165) is 10.5 Å². The molecule has 2 amide bonds. The molecular weight excluding hydrogens is 463 g/mol. The number of benzene rings is 4. The lowest BCUT2D eigenvalue weighted by Crippen LogP contribution is -2.20. The summed E-state index contributed by atoms with van der Waals surface area (Å²) in [7, 11) is 0. The lowest BCUT2D eigenvalue weighted by Gasteiger charge is -2.17. The van der Waals surface area contributed by atoms with Crippen molar-refractivity contribution in [2.45, 2.75) is 10.1 Å². The van der Waals surface area contributed by atoms with Gasteiger partial charge in [0.25, 0.3) is 5.91 Å². The van der Waals surface area contributed by atoms with E-state index < -0.39 is 5.25 Å². The molecule has 7 heteroatoms. The van der Waals surface area contributed by atoms with Gasteiger partial charge in [-0.25, -0.2) is 4.39 Å². The van der Waals surface area contributed by atoms with Gasteiger partial charge in [-0.15, -0.1) is 11.8 Å². The fourth-order valence-electron chi connectivity index (χ4n) is 3.26. The van der Waals surface area contributed by atoms with E-state index in [1.165, 1.54) is 36.0 Å². The quantitative estimate of drug-likeness (QED) is 0.272. The molecule has 0 aromatic heterocycles. The summed E-state index contributed by atoms with van der Waals surface area (Å²) in [6.45, 7) is -0.0971. The van der Waals surface area contributed by atoms with Gasteiger partial charge in [-0.2, -0.15) is 0 Å². The van der Waals surface area contributed by atoms with Crippen molar-refractivity contribution in [3.8, 4) is 5.75 Å². The third kappa shape index (κ3) is 7.19. The number of para-hydroxylation sites is 1. The molecule has 0 radical (unpaired) electrons. The van der Waals surface area contributed by atoms with Crippen LogP contribution in [0.2, 0.25) is 0 Å². The van der Waals surface area contributed by atoms with Crippen LogP contribution in [-0.2, 0) is 9.59 Å². The van der Waals surface area contributed by atoms with Gasteiger partial charge in [-0.05, 0) is 66.2 Å². The number of anilines is 2. The molecule has 4 rings (SSSR count). The number of carbonyl (C=O) groups excluding carboxylic acids is 2. The van der Waals surface area contributed by atoms with Crippen molar-refractivity contribution in [3.05, 3.63) is 121 Å². The first-order valence-corrected chi connectivity index (χ1v) is 11.8. The van der Waals surface area contributed by atoms with Crippen molar-refractivity contribution in [3.63, 3.8) is 0 Å². The van der Waals surface area contributed by atoms with Crippen molar-refractivity contribution >= 4 is 35.0 Å². The molecule has 0 aliphatic heterocycles. The third-order valence-electron chi connectivity index (χ3n) is 4.96. The lowest BCUT2D eigenvalue weighted by atomic mass is 10.1. The van der Waals surface area contributed by atoms with Gasteiger partial charge in [0.1, 0.15) is 16.8 Å². The molecule has 0 saturated heterocycles. The molecule has 0 fully saturated rings. The fraction of sp³-hybridized carbons (Fsp3) is 0.0714. The zero-order valence-electron chi connectivity index (χ0n) is 18.7. The van der Waals surface area contributed by atoms with Gasteiger partial charge in [0, 0.05) is 16.3 Å². The predicted molar refractivity (Wildman–Crippen MR) is 137 cm³/mol. The molecule has 0 aliphatic carbocycles. The van der Waals surface area contributed by atoms with E-state index in [1.807, 2.05) is 60.7 Å². The van der Waals surface area contributed by atoms with E-state index in [0.29, 0.717) is 17.1 Å². The van der Waals surface area contributed by atoms with Crippen molar-refractivity contribution in [2.75, 3.05) is 17.2 Å². The van der Waals surface area contributed by atoms with Crippen LogP contribution in [-0.4, -0.2) is 18.4 Å². The molecule has 0 heterocycles. The van der Waals surface area contributed by atoms with Gasteiger partial charge in [0.2, 0.25) is 5.91 Å². The number of hydrogen-bond acceptors (Lipinski definition) is 4. The first kappa shape index (κ1) is 24.0. The normalized spacial score (nSPS) is 11.3. The zero-order chi connectivity index (χ0) is 24.5. The Morgan fingerprint density at radius 2 is 1.31 bits per heavy atom. The Balaban J connectivity index is 1.40. The van der Waals surface area contributed by atoms with Crippen LogP contribution in [0, 0.1) is 5.82 Å². The molecule has 0 bridgehead atoms. The van der Waals surface area contributed by atoms with E-state index in [2.05, 4.69) is 10.6 Å². The molecule has 5 nitrogen and oxygen atoms in total. The summed E-state index contributed by atoms with van der Waals surface area (Å²) in [4.78, 5) is 26.2. The van der Waals surface area contributed by atoms with Crippen molar-refractivity contribution in [1.29, 1.82) is 0 Å². The number of halogens is 1. The van der Waals surface area contributed by atoms with E-state index in [-0.39, 0.29) is 24.2 Å². The Kier molecular flexibility index (Phi) is 8.14. The van der Waals surface area contributed by atoms with Crippen LogP contribution in [0.5, 0.6) is 5.75 Å². The monoisotopic (exact) mass is 486 g/mol. The Bertz CT molecular complexity index is 1250. The molecule has 0 spiro atoms. The maximum absolute atomic E-state index is 13.2. The summed E-state index contributed by atoms with van der Waals surface area (Å²) < 4.78 is 18.7. The number of ether oxygens (including phenoxy) is 1. The van der Waals surface area contributed by atoms with Gasteiger partial charge in [-0.1, -0.05) is 48.5 Å². The SMILES string of the molecule is O=C(COc1ccccc1)Nc1ccc(SC(C(=O)Nc2ccc(F)cc2)c2ccccc2)cc1. The van der Waals surface area contributed by atoms with Crippen LogP contribution in [0.15, 0.2) is 114 Å². The zero-order valence-corrected chi connectivity index (χ0v) is 19.5. The number of amides is 2. The third-order valence-corrected chi connectivity index (χ3v) is 6.22. The summed E-state index contributed by atoms with van der Waals surface area (Å²) in [6.07, 6.45) is 0. The minimum absolute atomic E-state index is 0.0971. The van der Waals surface area contributed by atoms with Crippen molar-refractivity contribution < 1.29 is 18.7 Å². The van der Waals surface area contributed by atoms with Gasteiger partial charge in [0.05, 0.1) is 0 Å². The Hall–Kier alpha value is -4.10. The van der Waals surface area contributed by atoms with Crippen LogP contribution in [0.3, 0.4) is 0 Å². The second-order valence-electron chi connectivity index (χ2n) is 7.58. The molecule has 0 aliphatic rings. The maximum Gasteiger partial charge on any atom is 0.262 e. The second kappa shape index (κ2) is 11.9. The Morgan fingerprint density at radius 1 is 0.743 bits per heavy atom. The van der Waals surface area contributed by atoms with Gasteiger partial charge in [0.15, 0.2) is 6.61 Å². The van der Waals surface area contributed by atoms with Crippen LogP contribution < -0.4 is 15.4 Å². The largest absolute Gasteiger partial charge is 0.484 e. The van der Waals surface area contributed by atoms with Crippen molar-refractivity contribution in [2.24, 2.45) is 0 Å². The smallest absolute Gasteiger partial charge is 0.262 e. The van der Waals surface area contributed by atoms with Gasteiger partial charge < -0.3 is 15.4 Å². The standard InChI is InChI=1S/C28H23FN2O3S/c29-21-11-13-23(14-12-21)31-28(33)27(20-7-3-1-4-8-20)35-25-17-15-22(16-18-25)30-26(32)19-34-24-9-5-2-6-10-24/h1-18,27H,19H2,(H,30,32)(H,31,33). The van der Waals surface area contributed by atoms with Crippen LogP contribution in [0.1, 0.15) is 10.8 Å². The fourth-order valence-corrected chi connectivity index (χ4v) is 4.28. The molecular formula is C28H23FN2O3S. The molecule has 1 atom stereocenters. The minimum Gasteiger partial charge on any atom is -0.484 e. The van der Waals surface area contributed by atoms with Crippen LogP contribution in [0.25, 0.3) is 0 Å². The highest BCUT2D eigenvalue weighted by molar-refractivity contribution is 8.00. The van der Waals surface area contributed by atoms with Gasteiger partial charge in [-0.3, -0.25) is 9.59 Å². The first-order chi connectivity index (χ1) is 17.1. The second-order valence-corrected chi connectivity index (χ2v) is 8.76. The molecule has 35 heavy (non-hydrogen) atoms. The Labute approximate surface area is 207 Å². The van der Waals surface area contributed by atoms with Crippen LogP contribution in [0.4, 0.5) is 15.8 Å². The van der Waals surface area contributed by atoms with E-state index in [1.54, 1.807) is 24.3 Å². The molecule has 4 aromatic rings. The van der Waals surface area contributed by atoms with E-state index >= 15 is 0 Å². The highest BCUT2D eigenvalue weighted by atomic mass is 32.2. The summed E-state index contributed by atoms with van der Waals surface area (Å²) in [6, 6.07) is 31.5. The lowest BCUT2D eigenvalue weighted by molar-refractivity contribution is -0.118.